The van der Waals surface area contributed by atoms with Crippen LogP contribution in [0.25, 0.3) is 0 Å². The van der Waals surface area contributed by atoms with Gasteiger partial charge >= 0.3 is 23.9 Å². The van der Waals surface area contributed by atoms with Crippen molar-refractivity contribution in [3.8, 4) is 0 Å². The second kappa shape index (κ2) is 27.3. The van der Waals surface area contributed by atoms with Crippen LogP contribution >= 0.6 is 0 Å². The molecule has 1 saturated heterocycles. The van der Waals surface area contributed by atoms with E-state index in [4.69, 9.17) is 9.84 Å². The Labute approximate surface area is 387 Å². The van der Waals surface area contributed by atoms with E-state index in [9.17, 15) is 62.6 Å². The van der Waals surface area contributed by atoms with Gasteiger partial charge in [-0.15, -0.1) is 0 Å². The van der Waals surface area contributed by atoms with Crippen molar-refractivity contribution in [3.05, 3.63) is 48.6 Å². The zero-order chi connectivity index (χ0) is 50.5. The van der Waals surface area contributed by atoms with Crippen LogP contribution in [0.15, 0.2) is 43.0 Å². The topological polar surface area (TPSA) is 333 Å². The number of amides is 9. The lowest BCUT2D eigenvalue weighted by molar-refractivity contribution is -0.145. The highest BCUT2D eigenvalue weighted by Crippen LogP contribution is 2.23. The van der Waals surface area contributed by atoms with Crippen LogP contribution in [-0.2, 0) is 64.0 Å². The molecular formula is C44H62N8O15. The van der Waals surface area contributed by atoms with E-state index < -0.39 is 145 Å². The van der Waals surface area contributed by atoms with E-state index >= 15 is 0 Å². The van der Waals surface area contributed by atoms with Crippen molar-refractivity contribution in [2.24, 2.45) is 11.8 Å². The van der Waals surface area contributed by atoms with Crippen LogP contribution < -0.4 is 31.9 Å². The van der Waals surface area contributed by atoms with Gasteiger partial charge in [0, 0.05) is 26.3 Å². The number of carboxylic acid groups (broad SMARTS) is 2. The molecule has 1 fully saturated rings. The maximum Gasteiger partial charge on any atom is 0.327 e. The van der Waals surface area contributed by atoms with E-state index in [1.807, 2.05) is 0 Å². The average molecular weight is 943 g/mol. The fraction of sp³-hybridized carbons (Fsp3) is 0.545. The van der Waals surface area contributed by atoms with Gasteiger partial charge in [0.05, 0.1) is 12.6 Å². The molecule has 1 aliphatic heterocycles. The van der Waals surface area contributed by atoms with Gasteiger partial charge in [0.25, 0.3) is 11.8 Å². The largest absolute Gasteiger partial charge is 0.481 e. The highest BCUT2D eigenvalue weighted by atomic mass is 16.5. The minimum atomic E-state index is -1.60. The first-order valence-corrected chi connectivity index (χ1v) is 21.7. The predicted molar refractivity (Wildman–Crippen MR) is 236 cm³/mol. The maximum absolute atomic E-state index is 14.6. The molecule has 0 saturated carbocycles. The molecule has 0 radical (unpaired) electrons. The minimum Gasteiger partial charge on any atom is -0.481 e. The molecule has 9 amide bonds. The number of urea groups is 1. The number of carboxylic acids is 2. The van der Waals surface area contributed by atoms with E-state index in [-0.39, 0.29) is 32.5 Å². The van der Waals surface area contributed by atoms with Crippen LogP contribution in [0.2, 0.25) is 0 Å². The number of imide groups is 1. The summed E-state index contributed by atoms with van der Waals surface area (Å²) in [7, 11) is 0. The zero-order valence-corrected chi connectivity index (χ0v) is 38.5. The van der Waals surface area contributed by atoms with Crippen LogP contribution in [-0.4, -0.2) is 147 Å². The Morgan fingerprint density at radius 2 is 1.31 bits per heavy atom. The second-order valence-corrected chi connectivity index (χ2v) is 16.4. The molecule has 1 aromatic rings. The number of esters is 1. The Bertz CT molecular complexity index is 2010. The summed E-state index contributed by atoms with van der Waals surface area (Å²) in [6.45, 7) is 11.1. The van der Waals surface area contributed by atoms with E-state index in [2.05, 4.69) is 38.5 Å². The van der Waals surface area contributed by atoms with E-state index in [1.54, 1.807) is 37.3 Å². The van der Waals surface area contributed by atoms with Gasteiger partial charge in [0.2, 0.25) is 35.3 Å². The summed E-state index contributed by atoms with van der Waals surface area (Å²) in [5.74, 6) is -13.0. The first kappa shape index (κ1) is 55.9. The Hall–Kier alpha value is -7.20. The van der Waals surface area contributed by atoms with E-state index in [0.29, 0.717) is 16.9 Å². The molecule has 2 rings (SSSR count). The number of nitrogens with one attached hydrogen (secondary N) is 6. The summed E-state index contributed by atoms with van der Waals surface area (Å²) >= 11 is 0. The van der Waals surface area contributed by atoms with Crippen molar-refractivity contribution >= 4 is 71.1 Å². The molecule has 1 aromatic carbocycles. The zero-order valence-electron chi connectivity index (χ0n) is 38.5. The lowest BCUT2D eigenvalue weighted by Gasteiger charge is -2.31. The number of aliphatic carboxylic acids is 2. The van der Waals surface area contributed by atoms with Crippen LogP contribution in [0.5, 0.6) is 0 Å². The Morgan fingerprint density at radius 1 is 0.761 bits per heavy atom. The van der Waals surface area contributed by atoms with Crippen molar-refractivity contribution in [1.82, 2.24) is 41.7 Å². The number of ether oxygens (including phenoxy) is 1. The molecule has 0 bridgehead atoms. The SMILES string of the molecule is C=CCOC(=O)CNC(=O)C(=O)C(CCC)NC(=O)[C@@H]1CN(Cc2ccccc2)C(=O)N1C(=O)[C@@H](NC(=O)[C@@H](NC(=O)[C@H](CCC(=O)O)NC(=O)[C@H](CCC(=O)O)NC(C)=O)C(C)C)C(C)C. The highest BCUT2D eigenvalue weighted by Gasteiger charge is 2.48. The van der Waals surface area contributed by atoms with Crippen molar-refractivity contribution in [1.29, 1.82) is 0 Å². The van der Waals surface area contributed by atoms with Gasteiger partial charge in [-0.25, -0.2) is 9.69 Å². The second-order valence-electron chi connectivity index (χ2n) is 16.4. The van der Waals surface area contributed by atoms with Gasteiger partial charge in [-0.05, 0) is 36.7 Å². The van der Waals surface area contributed by atoms with Crippen LogP contribution in [0, 0.1) is 11.8 Å². The first-order chi connectivity index (χ1) is 31.5. The molecule has 23 nitrogen and oxygen atoms in total. The van der Waals surface area contributed by atoms with Gasteiger partial charge in [0.15, 0.2) is 0 Å². The summed E-state index contributed by atoms with van der Waals surface area (Å²) < 4.78 is 4.80. The molecule has 6 atom stereocenters. The van der Waals surface area contributed by atoms with Crippen LogP contribution in [0.4, 0.5) is 4.79 Å². The summed E-state index contributed by atoms with van der Waals surface area (Å²) in [6.07, 6.45) is -0.470. The number of ketones is 1. The number of carbonyl (C=O) groups is 12. The molecule has 0 aliphatic carbocycles. The van der Waals surface area contributed by atoms with E-state index in [1.165, 1.54) is 38.7 Å². The Balaban J connectivity index is 2.46. The third-order valence-electron chi connectivity index (χ3n) is 10.2. The number of rotatable bonds is 28. The van der Waals surface area contributed by atoms with Crippen molar-refractivity contribution in [2.75, 3.05) is 19.7 Å². The first-order valence-electron chi connectivity index (χ1n) is 21.7. The smallest absolute Gasteiger partial charge is 0.327 e. The molecule has 368 valence electrons. The molecule has 23 heteroatoms. The molecule has 1 heterocycles. The van der Waals surface area contributed by atoms with Gasteiger partial charge in [-0.3, -0.25) is 52.7 Å². The highest BCUT2D eigenvalue weighted by molar-refractivity contribution is 6.38. The third kappa shape index (κ3) is 18.0. The van der Waals surface area contributed by atoms with E-state index in [0.717, 1.165) is 6.92 Å². The fourth-order valence-corrected chi connectivity index (χ4v) is 6.75. The van der Waals surface area contributed by atoms with Crippen LogP contribution in [0.3, 0.4) is 0 Å². The van der Waals surface area contributed by atoms with Gasteiger partial charge in [-0.2, -0.15) is 0 Å². The minimum absolute atomic E-state index is 0.0459. The van der Waals surface area contributed by atoms with Gasteiger partial charge < -0.3 is 51.8 Å². The molecule has 0 aromatic heterocycles. The molecule has 0 spiro atoms. The number of nitrogens with zero attached hydrogens (tertiary/aromatic N) is 2. The molecule has 8 N–H and O–H groups in total. The predicted octanol–water partition coefficient (Wildman–Crippen LogP) is -0.480. The maximum atomic E-state index is 14.6. The molecule has 1 unspecified atom stereocenters. The summed E-state index contributed by atoms with van der Waals surface area (Å²) in [6, 6.07) is -1.36. The van der Waals surface area contributed by atoms with Crippen LogP contribution in [0.1, 0.15) is 85.6 Å². The Kier molecular flexibility index (Phi) is 22.8. The standard InChI is InChI=1S/C44H62N8O15/c1-8-13-28(37(59)42(64)45-21-34(58)67-20-9-2)47-40(62)31-23-51(22-27-14-11-10-12-15-27)44(66)52(31)43(65)36(25(5)6)50-41(63)35(24(3)4)49-39(61)30(17-19-33(56)57)48-38(60)29(46-26(7)53)16-18-32(54)55/h9-12,14-15,24-25,28-31,35-36H,2,8,13,16-23H2,1,3-7H3,(H,45,64)(H,46,53)(H,47,62)(H,48,60)(H,49,61)(H,50,63)(H,54,55)(H,56,57)/t28?,29-,30-,31-,35-,36-/m0/s1. The van der Waals surface area contributed by atoms with Crippen molar-refractivity contribution in [3.63, 3.8) is 0 Å². The quantitative estimate of drug-likeness (QED) is 0.0299. The molecule has 1 aliphatic rings. The number of hydrogen-bond donors (Lipinski definition) is 8. The number of carbonyl (C=O) groups excluding carboxylic acids is 10. The fourth-order valence-electron chi connectivity index (χ4n) is 6.75. The molecule has 67 heavy (non-hydrogen) atoms. The number of Topliss-reactive ketones (excluding diaryl/α,β-unsaturated/α-hetero) is 1. The lowest BCUT2D eigenvalue weighted by atomic mass is 9.98. The van der Waals surface area contributed by atoms with Crippen molar-refractivity contribution < 1.29 is 72.5 Å². The third-order valence-corrected chi connectivity index (χ3v) is 10.2. The summed E-state index contributed by atoms with van der Waals surface area (Å²) in [5.41, 5.74) is 0.639. The van der Waals surface area contributed by atoms with Gasteiger partial charge in [-0.1, -0.05) is 84.0 Å². The van der Waals surface area contributed by atoms with Gasteiger partial charge in [0.1, 0.15) is 43.4 Å². The summed E-state index contributed by atoms with van der Waals surface area (Å²) in [5, 5.41) is 32.8. The monoisotopic (exact) mass is 942 g/mol. The number of benzene rings is 1. The molecular weight excluding hydrogens is 881 g/mol. The van der Waals surface area contributed by atoms with Crippen molar-refractivity contribution in [2.45, 2.75) is 123 Å². The normalized spacial score (nSPS) is 15.5. The number of hydrogen-bond acceptors (Lipinski definition) is 13. The summed E-state index contributed by atoms with van der Waals surface area (Å²) in [4.78, 5) is 158. The Morgan fingerprint density at radius 3 is 1.84 bits per heavy atom. The average Bonchev–Trinajstić information content (AvgIpc) is 3.59. The lowest BCUT2D eigenvalue weighted by Crippen LogP contribution is -2.62.